The summed E-state index contributed by atoms with van der Waals surface area (Å²) >= 11 is 0. The van der Waals surface area contributed by atoms with Crippen molar-refractivity contribution in [3.63, 3.8) is 0 Å². The van der Waals surface area contributed by atoms with Crippen molar-refractivity contribution in [3.8, 4) is 0 Å². The lowest BCUT2D eigenvalue weighted by molar-refractivity contribution is -0.125. The highest BCUT2D eigenvalue weighted by molar-refractivity contribution is 5.76. The van der Waals surface area contributed by atoms with Crippen LogP contribution < -0.4 is 11.1 Å². The summed E-state index contributed by atoms with van der Waals surface area (Å²) in [5.74, 6) is -0.0992. The highest BCUT2D eigenvalue weighted by Crippen LogP contribution is 2.01. The maximum absolute atomic E-state index is 10.9. The maximum atomic E-state index is 10.9. The van der Waals surface area contributed by atoms with E-state index in [1.54, 1.807) is 24.1 Å². The number of aromatic nitrogens is 3. The minimum absolute atomic E-state index is 0.0747. The second kappa shape index (κ2) is 8.60. The Morgan fingerprint density at radius 2 is 2.39 bits per heavy atom. The van der Waals surface area contributed by atoms with Gasteiger partial charge >= 0.3 is 0 Å². The van der Waals surface area contributed by atoms with Crippen molar-refractivity contribution >= 4 is 5.91 Å². The van der Waals surface area contributed by atoms with Crippen LogP contribution in [-0.2, 0) is 16.1 Å². The Labute approximate surface area is 107 Å². The monoisotopic (exact) mass is 255 g/mol. The van der Waals surface area contributed by atoms with Crippen LogP contribution in [0.25, 0.3) is 0 Å². The normalized spacial score (nSPS) is 12.3. The van der Waals surface area contributed by atoms with Gasteiger partial charge in [0.2, 0.25) is 5.91 Å². The highest BCUT2D eigenvalue weighted by atomic mass is 16.5. The molecule has 1 rings (SSSR count). The van der Waals surface area contributed by atoms with Gasteiger partial charge in [-0.05, 0) is 19.3 Å². The van der Waals surface area contributed by atoms with E-state index < -0.39 is 0 Å². The number of nitrogens with zero attached hydrogens (tertiary/aromatic N) is 3. The molecular formula is C11H21N5O2. The van der Waals surface area contributed by atoms with Crippen LogP contribution in [0.5, 0.6) is 0 Å². The van der Waals surface area contributed by atoms with E-state index in [1.807, 2.05) is 0 Å². The third kappa shape index (κ3) is 6.31. The molecule has 0 saturated carbocycles. The number of rotatable bonds is 9. The fourth-order valence-electron chi connectivity index (χ4n) is 1.51. The molecule has 0 aliphatic heterocycles. The Morgan fingerprint density at radius 3 is 3.06 bits per heavy atom. The molecule has 1 unspecified atom stereocenters. The molecule has 1 heterocycles. The number of carbonyl (C=O) groups is 1. The molecule has 0 aliphatic rings. The van der Waals surface area contributed by atoms with Gasteiger partial charge in [-0.1, -0.05) is 5.21 Å². The summed E-state index contributed by atoms with van der Waals surface area (Å²) in [6.07, 6.45) is 6.22. The van der Waals surface area contributed by atoms with Crippen molar-refractivity contribution in [2.24, 2.45) is 5.73 Å². The van der Waals surface area contributed by atoms with Crippen LogP contribution in [0.15, 0.2) is 12.4 Å². The SMILES string of the molecule is CNC(=O)COCCCCC(N)Cn1ccnn1. The fourth-order valence-corrected chi connectivity index (χ4v) is 1.51. The van der Waals surface area contributed by atoms with Gasteiger partial charge in [0.15, 0.2) is 0 Å². The molecule has 7 nitrogen and oxygen atoms in total. The number of nitrogens with one attached hydrogen (secondary N) is 1. The van der Waals surface area contributed by atoms with Crippen LogP contribution in [0.4, 0.5) is 0 Å². The van der Waals surface area contributed by atoms with Gasteiger partial charge in [-0.3, -0.25) is 9.48 Å². The van der Waals surface area contributed by atoms with E-state index in [2.05, 4.69) is 15.6 Å². The molecule has 0 bridgehead atoms. The quantitative estimate of drug-likeness (QED) is 0.582. The van der Waals surface area contributed by atoms with Crippen molar-refractivity contribution < 1.29 is 9.53 Å². The standard InChI is InChI=1S/C11H21N5O2/c1-13-11(17)9-18-7-3-2-4-10(12)8-16-6-5-14-15-16/h5-6,10H,2-4,7-9,12H2,1H3,(H,13,17). The predicted molar refractivity (Wildman–Crippen MR) is 66.7 cm³/mol. The molecular weight excluding hydrogens is 234 g/mol. The summed E-state index contributed by atoms with van der Waals surface area (Å²) in [7, 11) is 1.59. The lowest BCUT2D eigenvalue weighted by atomic mass is 10.1. The molecule has 7 heteroatoms. The van der Waals surface area contributed by atoms with Gasteiger partial charge in [0, 0.05) is 25.9 Å². The molecule has 18 heavy (non-hydrogen) atoms. The third-order valence-corrected chi connectivity index (χ3v) is 2.52. The van der Waals surface area contributed by atoms with Crippen molar-refractivity contribution in [1.82, 2.24) is 20.3 Å². The average Bonchev–Trinajstić information content (AvgIpc) is 2.85. The lowest BCUT2D eigenvalue weighted by Gasteiger charge is -2.10. The molecule has 0 radical (unpaired) electrons. The molecule has 0 saturated heterocycles. The number of ether oxygens (including phenoxy) is 1. The second-order valence-electron chi connectivity index (χ2n) is 4.11. The minimum atomic E-state index is -0.0992. The Bertz CT molecular complexity index is 328. The van der Waals surface area contributed by atoms with Gasteiger partial charge in [-0.25, -0.2) is 0 Å². The average molecular weight is 255 g/mol. The smallest absolute Gasteiger partial charge is 0.245 e. The number of amides is 1. The van der Waals surface area contributed by atoms with Gasteiger partial charge in [0.25, 0.3) is 0 Å². The van der Waals surface area contributed by atoms with Crippen LogP contribution in [0.1, 0.15) is 19.3 Å². The highest BCUT2D eigenvalue weighted by Gasteiger charge is 2.04. The van der Waals surface area contributed by atoms with Crippen molar-refractivity contribution in [2.75, 3.05) is 20.3 Å². The van der Waals surface area contributed by atoms with Crippen LogP contribution in [0.3, 0.4) is 0 Å². The zero-order valence-electron chi connectivity index (χ0n) is 10.7. The lowest BCUT2D eigenvalue weighted by Crippen LogP contribution is -2.26. The van der Waals surface area contributed by atoms with E-state index in [-0.39, 0.29) is 18.6 Å². The van der Waals surface area contributed by atoms with Gasteiger partial charge < -0.3 is 15.8 Å². The first-order valence-electron chi connectivity index (χ1n) is 6.10. The van der Waals surface area contributed by atoms with Crippen LogP contribution in [0.2, 0.25) is 0 Å². The molecule has 1 amide bonds. The summed E-state index contributed by atoms with van der Waals surface area (Å²) in [4.78, 5) is 10.9. The van der Waals surface area contributed by atoms with Crippen molar-refractivity contribution in [2.45, 2.75) is 31.8 Å². The predicted octanol–water partition coefficient (Wildman–Crippen LogP) is -0.462. The second-order valence-corrected chi connectivity index (χ2v) is 4.11. The van der Waals surface area contributed by atoms with E-state index in [1.165, 1.54) is 0 Å². The summed E-state index contributed by atoms with van der Waals surface area (Å²) in [5.41, 5.74) is 5.96. The van der Waals surface area contributed by atoms with Gasteiger partial charge in [0.05, 0.1) is 12.7 Å². The maximum Gasteiger partial charge on any atom is 0.245 e. The molecule has 1 aromatic heterocycles. The zero-order valence-corrected chi connectivity index (χ0v) is 10.7. The van der Waals surface area contributed by atoms with Crippen molar-refractivity contribution in [3.05, 3.63) is 12.4 Å². The van der Waals surface area contributed by atoms with Crippen LogP contribution in [0, 0.1) is 0 Å². The Kier molecular flexibility index (Phi) is 6.97. The van der Waals surface area contributed by atoms with Crippen LogP contribution >= 0.6 is 0 Å². The van der Waals surface area contributed by atoms with Gasteiger partial charge in [-0.2, -0.15) is 0 Å². The van der Waals surface area contributed by atoms with E-state index >= 15 is 0 Å². The Morgan fingerprint density at radius 1 is 1.56 bits per heavy atom. The minimum Gasteiger partial charge on any atom is -0.372 e. The largest absolute Gasteiger partial charge is 0.372 e. The summed E-state index contributed by atoms with van der Waals surface area (Å²) < 4.78 is 6.92. The third-order valence-electron chi connectivity index (χ3n) is 2.52. The number of unbranched alkanes of at least 4 members (excludes halogenated alkanes) is 1. The van der Waals surface area contributed by atoms with E-state index in [4.69, 9.17) is 10.5 Å². The summed E-state index contributed by atoms with van der Waals surface area (Å²) in [5, 5.41) is 10.1. The molecule has 0 aromatic carbocycles. The van der Waals surface area contributed by atoms with Gasteiger partial charge in [0.1, 0.15) is 6.61 Å². The van der Waals surface area contributed by atoms with E-state index in [9.17, 15) is 4.79 Å². The van der Waals surface area contributed by atoms with Crippen molar-refractivity contribution in [1.29, 1.82) is 0 Å². The molecule has 3 N–H and O–H groups in total. The van der Waals surface area contributed by atoms with E-state index in [0.717, 1.165) is 19.3 Å². The number of hydrogen-bond acceptors (Lipinski definition) is 5. The summed E-state index contributed by atoms with van der Waals surface area (Å²) in [6, 6.07) is 0.0747. The molecule has 1 atom stereocenters. The molecule has 102 valence electrons. The first-order valence-corrected chi connectivity index (χ1v) is 6.10. The molecule has 1 aromatic rings. The first-order chi connectivity index (χ1) is 8.72. The molecule has 0 spiro atoms. The Balaban J connectivity index is 1.96. The molecule has 0 aliphatic carbocycles. The number of likely N-dealkylation sites (N-methyl/N-ethyl adjacent to an activating group) is 1. The summed E-state index contributed by atoms with van der Waals surface area (Å²) in [6.45, 7) is 1.39. The number of hydrogen-bond donors (Lipinski definition) is 2. The number of carbonyl (C=O) groups excluding carboxylic acids is 1. The molecule has 0 fully saturated rings. The zero-order chi connectivity index (χ0) is 13.2. The van der Waals surface area contributed by atoms with Gasteiger partial charge in [-0.15, -0.1) is 5.10 Å². The topological polar surface area (TPSA) is 95.1 Å². The van der Waals surface area contributed by atoms with Crippen LogP contribution in [-0.4, -0.2) is 47.2 Å². The Hall–Kier alpha value is -1.47. The number of nitrogens with two attached hydrogens (primary N) is 1. The first kappa shape index (κ1) is 14.6. The fraction of sp³-hybridized carbons (Fsp3) is 0.727. The van der Waals surface area contributed by atoms with E-state index in [0.29, 0.717) is 13.2 Å².